The molecule has 0 radical (unpaired) electrons. The number of carbonyl (C=O) groups is 2. The molecule has 2 rings (SSSR count). The number of Topliss-reactive ketones (excluding diaryl/α,β-unsaturated/α-hetero) is 1. The van der Waals surface area contributed by atoms with Gasteiger partial charge >= 0.3 is 5.97 Å². The van der Waals surface area contributed by atoms with E-state index in [0.29, 0.717) is 25.0 Å². The van der Waals surface area contributed by atoms with Crippen LogP contribution in [0.4, 0.5) is 13.2 Å². The molecule has 1 aliphatic carbocycles. The van der Waals surface area contributed by atoms with E-state index in [1.807, 2.05) is 0 Å². The molecule has 0 aromatic heterocycles. The maximum Gasteiger partial charge on any atom is 0.320 e. The average molecular weight is 314 g/mol. The Morgan fingerprint density at radius 3 is 2.14 bits per heavy atom. The van der Waals surface area contributed by atoms with Crippen molar-refractivity contribution in [2.75, 3.05) is 7.11 Å². The van der Waals surface area contributed by atoms with Crippen molar-refractivity contribution < 1.29 is 27.5 Å². The summed E-state index contributed by atoms with van der Waals surface area (Å²) in [5, 5.41) is 0. The Balaban J connectivity index is 2.42. The summed E-state index contributed by atoms with van der Waals surface area (Å²) >= 11 is 0. The van der Waals surface area contributed by atoms with Crippen molar-refractivity contribution in [2.24, 2.45) is 5.92 Å². The van der Waals surface area contributed by atoms with E-state index in [1.165, 1.54) is 0 Å². The molecule has 22 heavy (non-hydrogen) atoms. The van der Waals surface area contributed by atoms with E-state index >= 15 is 0 Å². The molecule has 1 aliphatic rings. The smallest absolute Gasteiger partial charge is 0.320 e. The first kappa shape index (κ1) is 16.5. The van der Waals surface area contributed by atoms with Crippen LogP contribution >= 0.6 is 0 Å². The van der Waals surface area contributed by atoms with Crippen LogP contribution in [0.15, 0.2) is 12.1 Å². The van der Waals surface area contributed by atoms with Gasteiger partial charge in [0.1, 0.15) is 23.4 Å². The van der Waals surface area contributed by atoms with Crippen LogP contribution in [-0.4, -0.2) is 18.9 Å². The molecule has 1 aromatic carbocycles. The second-order valence-electron chi connectivity index (χ2n) is 5.48. The highest BCUT2D eigenvalue weighted by atomic mass is 19.1. The van der Waals surface area contributed by atoms with E-state index < -0.39 is 46.6 Å². The minimum absolute atomic E-state index is 0.429. The van der Waals surface area contributed by atoms with Crippen LogP contribution < -0.4 is 0 Å². The Labute approximate surface area is 126 Å². The quantitative estimate of drug-likeness (QED) is 0.631. The second-order valence-corrected chi connectivity index (χ2v) is 5.48. The van der Waals surface area contributed by atoms with Gasteiger partial charge in [-0.1, -0.05) is 19.3 Å². The lowest BCUT2D eigenvalue weighted by atomic mass is 9.79. The van der Waals surface area contributed by atoms with Gasteiger partial charge in [0.2, 0.25) is 0 Å². The van der Waals surface area contributed by atoms with E-state index in [9.17, 15) is 22.8 Å². The summed E-state index contributed by atoms with van der Waals surface area (Å²) in [5.74, 6) is -7.31. The van der Waals surface area contributed by atoms with Crippen LogP contribution in [-0.2, 0) is 14.3 Å². The third-order valence-corrected chi connectivity index (χ3v) is 4.06. The highest BCUT2D eigenvalue weighted by Gasteiger charge is 2.38. The van der Waals surface area contributed by atoms with Gasteiger partial charge in [-0.3, -0.25) is 9.59 Å². The second kappa shape index (κ2) is 6.94. The van der Waals surface area contributed by atoms with Crippen LogP contribution in [0.25, 0.3) is 0 Å². The first-order valence-corrected chi connectivity index (χ1v) is 7.21. The zero-order valence-corrected chi connectivity index (χ0v) is 12.2. The summed E-state index contributed by atoms with van der Waals surface area (Å²) in [6.45, 7) is 0. The predicted molar refractivity (Wildman–Crippen MR) is 72.7 cm³/mol. The molecule has 1 atom stereocenters. The van der Waals surface area contributed by atoms with Crippen molar-refractivity contribution in [2.45, 2.75) is 38.0 Å². The van der Waals surface area contributed by atoms with Gasteiger partial charge in [0, 0.05) is 23.6 Å². The number of halogens is 3. The molecule has 1 saturated carbocycles. The largest absolute Gasteiger partial charge is 0.468 e. The molecule has 3 nitrogen and oxygen atoms in total. The van der Waals surface area contributed by atoms with E-state index in [0.717, 1.165) is 26.4 Å². The molecule has 120 valence electrons. The molecule has 0 aliphatic heterocycles. The van der Waals surface area contributed by atoms with Crippen molar-refractivity contribution in [3.8, 4) is 0 Å². The van der Waals surface area contributed by atoms with Crippen LogP contribution in [0.1, 0.15) is 43.6 Å². The summed E-state index contributed by atoms with van der Waals surface area (Å²) < 4.78 is 45.5. The first-order valence-electron chi connectivity index (χ1n) is 7.21. The summed E-state index contributed by atoms with van der Waals surface area (Å²) in [6.07, 6.45) is 3.82. The van der Waals surface area contributed by atoms with Crippen LogP contribution in [0, 0.1) is 23.4 Å². The van der Waals surface area contributed by atoms with Crippen LogP contribution in [0.3, 0.4) is 0 Å². The van der Waals surface area contributed by atoms with Gasteiger partial charge < -0.3 is 4.74 Å². The van der Waals surface area contributed by atoms with Gasteiger partial charge in [-0.2, -0.15) is 0 Å². The average Bonchev–Trinajstić information content (AvgIpc) is 2.50. The summed E-state index contributed by atoms with van der Waals surface area (Å²) in [6, 6.07) is 0.922. The topological polar surface area (TPSA) is 43.4 Å². The fraction of sp³-hybridized carbons (Fsp3) is 0.500. The first-order chi connectivity index (χ1) is 10.5. The normalized spacial score (nSPS) is 17.1. The van der Waals surface area contributed by atoms with Gasteiger partial charge in [-0.25, -0.2) is 13.2 Å². The molecule has 0 spiro atoms. The fourth-order valence-electron chi connectivity index (χ4n) is 2.95. The number of hydrogen-bond donors (Lipinski definition) is 0. The van der Waals surface area contributed by atoms with E-state index in [1.54, 1.807) is 0 Å². The number of carbonyl (C=O) groups excluding carboxylic acids is 2. The number of methoxy groups -OCH3 is 1. The highest BCUT2D eigenvalue weighted by molar-refractivity contribution is 6.05. The fourth-order valence-corrected chi connectivity index (χ4v) is 2.95. The highest BCUT2D eigenvalue weighted by Crippen LogP contribution is 2.33. The van der Waals surface area contributed by atoms with E-state index in [4.69, 9.17) is 0 Å². The van der Waals surface area contributed by atoms with Gasteiger partial charge in [0.15, 0.2) is 5.78 Å². The van der Waals surface area contributed by atoms with Crippen LogP contribution in [0.5, 0.6) is 0 Å². The van der Waals surface area contributed by atoms with Crippen molar-refractivity contribution in [3.05, 3.63) is 35.1 Å². The van der Waals surface area contributed by atoms with E-state index in [-0.39, 0.29) is 0 Å². The molecule has 0 saturated heterocycles. The zero-order valence-electron chi connectivity index (χ0n) is 12.2. The lowest BCUT2D eigenvalue weighted by Gasteiger charge is -2.24. The summed E-state index contributed by atoms with van der Waals surface area (Å²) in [7, 11) is 1.04. The monoisotopic (exact) mass is 314 g/mol. The molecule has 0 heterocycles. The molecule has 1 fully saturated rings. The summed E-state index contributed by atoms with van der Waals surface area (Å²) in [5.41, 5.74) is -0.733. The van der Waals surface area contributed by atoms with Crippen molar-refractivity contribution in [1.29, 1.82) is 0 Å². The standard InChI is InChI=1S/C16H17F3O3/c1-22-16(21)14(15(20)9-5-3-2-4-6-9)13-11(18)7-10(17)8-12(13)19/h7-9,14H,2-6H2,1H3. The van der Waals surface area contributed by atoms with Gasteiger partial charge in [0.05, 0.1) is 7.11 Å². The Kier molecular flexibility index (Phi) is 5.21. The molecular weight excluding hydrogens is 297 g/mol. The maximum absolute atomic E-state index is 13.9. The van der Waals surface area contributed by atoms with Gasteiger partial charge in [0.25, 0.3) is 0 Å². The van der Waals surface area contributed by atoms with Crippen LogP contribution in [0.2, 0.25) is 0 Å². The Morgan fingerprint density at radius 1 is 1.09 bits per heavy atom. The molecular formula is C16H17F3O3. The number of esters is 1. The number of ether oxygens (including phenoxy) is 1. The van der Waals surface area contributed by atoms with Gasteiger partial charge in [-0.15, -0.1) is 0 Å². The maximum atomic E-state index is 13.9. The molecule has 1 unspecified atom stereocenters. The minimum atomic E-state index is -1.69. The number of ketones is 1. The molecule has 1 aromatic rings. The molecule has 6 heteroatoms. The van der Waals surface area contributed by atoms with Crippen molar-refractivity contribution in [1.82, 2.24) is 0 Å². The number of rotatable bonds is 4. The Hall–Kier alpha value is -1.85. The minimum Gasteiger partial charge on any atom is -0.468 e. The van der Waals surface area contributed by atoms with Crippen molar-refractivity contribution in [3.63, 3.8) is 0 Å². The third-order valence-electron chi connectivity index (χ3n) is 4.06. The predicted octanol–water partition coefficient (Wildman–Crippen LogP) is 3.51. The zero-order chi connectivity index (χ0) is 16.3. The Bertz CT molecular complexity index is 557. The van der Waals surface area contributed by atoms with Crippen molar-refractivity contribution >= 4 is 11.8 Å². The molecule has 0 N–H and O–H groups in total. The third kappa shape index (κ3) is 3.31. The SMILES string of the molecule is COC(=O)C(C(=O)C1CCCCC1)c1c(F)cc(F)cc1F. The lowest BCUT2D eigenvalue weighted by Crippen LogP contribution is -2.31. The van der Waals surface area contributed by atoms with E-state index in [2.05, 4.69) is 4.74 Å². The number of benzene rings is 1. The molecule has 0 amide bonds. The Morgan fingerprint density at radius 2 is 1.64 bits per heavy atom. The van der Waals surface area contributed by atoms with Gasteiger partial charge in [-0.05, 0) is 12.8 Å². The number of hydrogen-bond acceptors (Lipinski definition) is 3. The summed E-state index contributed by atoms with van der Waals surface area (Å²) in [4.78, 5) is 24.5. The lowest BCUT2D eigenvalue weighted by molar-refractivity contribution is -0.147. The molecule has 0 bridgehead atoms.